The Morgan fingerprint density at radius 2 is 1.78 bits per heavy atom. The summed E-state index contributed by atoms with van der Waals surface area (Å²) in [6.45, 7) is 1.17. The lowest BCUT2D eigenvalue weighted by molar-refractivity contribution is 0.0939. The number of furan rings is 1. The van der Waals surface area contributed by atoms with E-state index < -0.39 is 10.0 Å². The number of fused-ring (bicyclic) bond motifs is 1. The lowest BCUT2D eigenvalue weighted by Gasteiger charge is -2.28. The van der Waals surface area contributed by atoms with Crippen molar-refractivity contribution >= 4 is 15.9 Å². The third kappa shape index (κ3) is 4.62. The Hall–Kier alpha value is -2.94. The first-order chi connectivity index (χ1) is 15.4. The van der Waals surface area contributed by atoms with Crippen LogP contribution < -0.4 is 5.32 Å². The Labute approximate surface area is 188 Å². The van der Waals surface area contributed by atoms with Gasteiger partial charge < -0.3 is 9.73 Å². The van der Waals surface area contributed by atoms with Crippen LogP contribution in [0.2, 0.25) is 0 Å². The summed E-state index contributed by atoms with van der Waals surface area (Å²) in [6.07, 6.45) is 2.30. The van der Waals surface area contributed by atoms with Gasteiger partial charge in [-0.1, -0.05) is 24.3 Å². The first-order valence-corrected chi connectivity index (χ1v) is 12.0. The molecule has 168 valence electrons. The van der Waals surface area contributed by atoms with Crippen molar-refractivity contribution in [2.45, 2.75) is 23.9 Å². The summed E-state index contributed by atoms with van der Waals surface area (Å²) in [5, 5.41) is 2.90. The molecule has 2 aromatic carbocycles. The standard InChI is InChI=1S/C24H27N3O4S/c1-26(2)22(23-8-5-15-31-23)16-25-24(28)19-9-11-21(12-10-19)32(29,30)27-14-13-18-6-3-4-7-20(18)17-27/h3-12,15,22H,13-14,16-17H2,1-2H3,(H,25,28)/t22-/m0/s1. The summed E-state index contributed by atoms with van der Waals surface area (Å²) in [5.41, 5.74) is 2.63. The van der Waals surface area contributed by atoms with Gasteiger partial charge in [0.2, 0.25) is 10.0 Å². The zero-order valence-corrected chi connectivity index (χ0v) is 19.0. The van der Waals surface area contributed by atoms with Crippen molar-refractivity contribution in [1.29, 1.82) is 0 Å². The second-order valence-electron chi connectivity index (χ2n) is 8.09. The van der Waals surface area contributed by atoms with Gasteiger partial charge in [-0.3, -0.25) is 9.69 Å². The molecule has 0 fully saturated rings. The van der Waals surface area contributed by atoms with E-state index in [1.165, 1.54) is 22.0 Å². The van der Waals surface area contributed by atoms with Gasteiger partial charge in [0.15, 0.2) is 0 Å². The van der Waals surface area contributed by atoms with Gasteiger partial charge in [-0.2, -0.15) is 4.31 Å². The number of benzene rings is 2. The summed E-state index contributed by atoms with van der Waals surface area (Å²) in [4.78, 5) is 14.8. The predicted molar refractivity (Wildman–Crippen MR) is 122 cm³/mol. The summed E-state index contributed by atoms with van der Waals surface area (Å²) in [5.74, 6) is 0.499. The van der Waals surface area contributed by atoms with Gasteiger partial charge in [0, 0.05) is 25.2 Å². The van der Waals surface area contributed by atoms with Crippen LogP contribution in [0.25, 0.3) is 0 Å². The zero-order chi connectivity index (χ0) is 22.7. The lowest BCUT2D eigenvalue weighted by atomic mass is 10.0. The van der Waals surface area contributed by atoms with Crippen LogP contribution in [0.3, 0.4) is 0 Å². The van der Waals surface area contributed by atoms with Crippen molar-refractivity contribution in [3.05, 3.63) is 89.4 Å². The first-order valence-electron chi connectivity index (χ1n) is 10.5. The summed E-state index contributed by atoms with van der Waals surface area (Å²) in [7, 11) is 0.198. The number of sulfonamides is 1. The van der Waals surface area contributed by atoms with Crippen molar-refractivity contribution in [1.82, 2.24) is 14.5 Å². The van der Waals surface area contributed by atoms with Crippen LogP contribution in [-0.4, -0.2) is 50.7 Å². The number of carbonyl (C=O) groups excluding carboxylic acids is 1. The molecule has 1 amide bonds. The molecule has 0 radical (unpaired) electrons. The highest BCUT2D eigenvalue weighted by molar-refractivity contribution is 7.89. The molecule has 0 bridgehead atoms. The molecule has 8 heteroatoms. The fraction of sp³-hybridized carbons (Fsp3) is 0.292. The smallest absolute Gasteiger partial charge is 0.251 e. The van der Waals surface area contributed by atoms with Crippen LogP contribution in [0, 0.1) is 0 Å². The Balaban J connectivity index is 1.43. The maximum absolute atomic E-state index is 13.1. The molecule has 3 aromatic rings. The van der Waals surface area contributed by atoms with Gasteiger partial charge >= 0.3 is 0 Å². The lowest BCUT2D eigenvalue weighted by Crippen LogP contribution is -2.36. The number of likely N-dealkylation sites (N-methyl/N-ethyl adjacent to an activating group) is 1. The van der Waals surface area contributed by atoms with E-state index in [0.29, 0.717) is 31.6 Å². The van der Waals surface area contributed by atoms with Crippen LogP contribution in [0.1, 0.15) is 33.3 Å². The summed E-state index contributed by atoms with van der Waals surface area (Å²) < 4.78 is 33.2. The van der Waals surface area contributed by atoms with Gasteiger partial charge in [-0.15, -0.1) is 0 Å². The highest BCUT2D eigenvalue weighted by Crippen LogP contribution is 2.25. The van der Waals surface area contributed by atoms with Crippen molar-refractivity contribution in [2.75, 3.05) is 27.2 Å². The van der Waals surface area contributed by atoms with Crippen molar-refractivity contribution < 1.29 is 17.6 Å². The van der Waals surface area contributed by atoms with Crippen LogP contribution in [0.5, 0.6) is 0 Å². The van der Waals surface area contributed by atoms with Crippen molar-refractivity contribution in [2.24, 2.45) is 0 Å². The number of nitrogens with one attached hydrogen (secondary N) is 1. The quantitative estimate of drug-likeness (QED) is 0.595. The monoisotopic (exact) mass is 453 g/mol. The summed E-state index contributed by atoms with van der Waals surface area (Å²) >= 11 is 0. The normalized spacial score (nSPS) is 15.3. The SMILES string of the molecule is CN(C)[C@@H](CNC(=O)c1ccc(S(=O)(=O)N2CCc3ccccc3C2)cc1)c1ccco1. The molecular weight excluding hydrogens is 426 g/mol. The molecule has 1 aliphatic heterocycles. The van der Waals surface area contributed by atoms with Crippen molar-refractivity contribution in [3.8, 4) is 0 Å². The first kappa shape index (κ1) is 22.3. The van der Waals surface area contributed by atoms with E-state index in [2.05, 4.69) is 5.32 Å². The maximum Gasteiger partial charge on any atom is 0.251 e. The number of hydrogen-bond acceptors (Lipinski definition) is 5. The topological polar surface area (TPSA) is 82.9 Å². The Morgan fingerprint density at radius 1 is 1.06 bits per heavy atom. The number of nitrogens with zero attached hydrogens (tertiary/aromatic N) is 2. The molecule has 1 aliphatic rings. The van der Waals surface area contributed by atoms with E-state index >= 15 is 0 Å². The van der Waals surface area contributed by atoms with Gasteiger partial charge in [0.25, 0.3) is 5.91 Å². The molecule has 0 spiro atoms. The second-order valence-corrected chi connectivity index (χ2v) is 10.0. The molecule has 0 unspecified atom stereocenters. The van der Waals surface area contributed by atoms with Crippen LogP contribution in [0.15, 0.2) is 76.2 Å². The molecule has 0 saturated carbocycles. The third-order valence-corrected chi connectivity index (χ3v) is 7.66. The second kappa shape index (κ2) is 9.28. The van der Waals surface area contributed by atoms with Crippen molar-refractivity contribution in [3.63, 3.8) is 0 Å². The third-order valence-electron chi connectivity index (χ3n) is 5.80. The molecule has 1 atom stereocenters. The molecular formula is C24H27N3O4S. The van der Waals surface area contributed by atoms with E-state index in [1.807, 2.05) is 55.4 Å². The minimum absolute atomic E-state index is 0.101. The minimum Gasteiger partial charge on any atom is -0.468 e. The van der Waals surface area contributed by atoms with Gasteiger partial charge in [0.1, 0.15) is 5.76 Å². The van der Waals surface area contributed by atoms with E-state index in [1.54, 1.807) is 18.4 Å². The zero-order valence-electron chi connectivity index (χ0n) is 18.2. The van der Waals surface area contributed by atoms with E-state index in [0.717, 1.165) is 11.3 Å². The highest BCUT2D eigenvalue weighted by atomic mass is 32.2. The van der Waals surface area contributed by atoms with E-state index in [4.69, 9.17) is 4.42 Å². The Morgan fingerprint density at radius 3 is 2.44 bits per heavy atom. The number of carbonyl (C=O) groups is 1. The molecule has 0 saturated heterocycles. The van der Waals surface area contributed by atoms with E-state index in [9.17, 15) is 13.2 Å². The number of amides is 1. The largest absolute Gasteiger partial charge is 0.468 e. The van der Waals surface area contributed by atoms with Gasteiger partial charge in [0.05, 0.1) is 17.2 Å². The molecule has 1 aromatic heterocycles. The number of rotatable bonds is 7. The highest BCUT2D eigenvalue weighted by Gasteiger charge is 2.28. The van der Waals surface area contributed by atoms with E-state index in [-0.39, 0.29) is 16.8 Å². The Kier molecular flexibility index (Phi) is 6.45. The Bertz CT molecular complexity index is 1170. The molecule has 1 N–H and O–H groups in total. The fourth-order valence-electron chi connectivity index (χ4n) is 3.91. The number of hydrogen-bond donors (Lipinski definition) is 1. The van der Waals surface area contributed by atoms with Gasteiger partial charge in [-0.25, -0.2) is 8.42 Å². The average Bonchev–Trinajstić information content (AvgIpc) is 3.33. The summed E-state index contributed by atoms with van der Waals surface area (Å²) in [6, 6.07) is 17.6. The predicted octanol–water partition coefficient (Wildman–Crippen LogP) is 3.06. The fourth-order valence-corrected chi connectivity index (χ4v) is 5.33. The van der Waals surface area contributed by atoms with Crippen LogP contribution >= 0.6 is 0 Å². The minimum atomic E-state index is -3.63. The molecule has 32 heavy (non-hydrogen) atoms. The molecule has 2 heterocycles. The maximum atomic E-state index is 13.1. The molecule has 7 nitrogen and oxygen atoms in total. The molecule has 4 rings (SSSR count). The van der Waals surface area contributed by atoms with Crippen LogP contribution in [0.4, 0.5) is 0 Å². The van der Waals surface area contributed by atoms with Gasteiger partial charge in [-0.05, 0) is 68.0 Å². The molecule has 0 aliphatic carbocycles. The average molecular weight is 454 g/mol. The van der Waals surface area contributed by atoms with Crippen LogP contribution in [-0.2, 0) is 23.0 Å².